The van der Waals surface area contributed by atoms with Gasteiger partial charge < -0.3 is 4.74 Å². The lowest BCUT2D eigenvalue weighted by Gasteiger charge is -2.43. The Morgan fingerprint density at radius 2 is 1.14 bits per heavy atom. The Balaban J connectivity index is 1.62. The topological polar surface area (TPSA) is 9.23 Å². The van der Waals surface area contributed by atoms with Crippen LogP contribution in [0.4, 0.5) is 39.5 Å². The molecule has 0 aromatic carbocycles. The van der Waals surface area contributed by atoms with Crippen LogP contribution < -0.4 is 0 Å². The smallest absolute Gasteiger partial charge is 0.317 e. The molecule has 7 unspecified atom stereocenters. The van der Waals surface area contributed by atoms with Gasteiger partial charge in [0, 0.05) is 31.6 Å². The normalized spacial score (nSPS) is 49.8. The predicted octanol–water partition coefficient (Wildman–Crippen LogP) is 5.95. The van der Waals surface area contributed by atoms with E-state index in [4.69, 9.17) is 0 Å². The third-order valence-corrected chi connectivity index (χ3v) is 6.54. The van der Waals surface area contributed by atoms with E-state index in [1.807, 2.05) is 0 Å². The first-order valence-corrected chi connectivity index (χ1v) is 10.0. The Morgan fingerprint density at radius 3 is 1.66 bits per heavy atom. The Hall–Kier alpha value is -0.670. The van der Waals surface area contributed by atoms with Crippen molar-refractivity contribution in [1.29, 1.82) is 0 Å². The van der Waals surface area contributed by atoms with Crippen molar-refractivity contribution in [2.24, 2.45) is 17.8 Å². The van der Waals surface area contributed by atoms with Gasteiger partial charge in [-0.25, -0.2) is 30.7 Å². The zero-order valence-corrected chi connectivity index (χ0v) is 15.6. The number of rotatable bonds is 4. The second-order valence-corrected chi connectivity index (χ2v) is 8.61. The summed E-state index contributed by atoms with van der Waals surface area (Å²) in [6.07, 6.45) is -23.7. The first-order valence-electron chi connectivity index (χ1n) is 10.0. The highest BCUT2D eigenvalue weighted by atomic mass is 19.3. The van der Waals surface area contributed by atoms with Gasteiger partial charge in [-0.1, -0.05) is 0 Å². The molecule has 3 rings (SSSR count). The van der Waals surface area contributed by atoms with Crippen LogP contribution in [0.2, 0.25) is 0 Å². The molecule has 0 aromatic rings. The fraction of sp³-hybridized carbons (Fsp3) is 1.00. The maximum Gasteiger partial charge on any atom is 0.364 e. The number of hydrogen-bond acceptors (Lipinski definition) is 1. The highest BCUT2D eigenvalue weighted by Crippen LogP contribution is 2.47. The van der Waals surface area contributed by atoms with Gasteiger partial charge in [0.2, 0.25) is 0 Å². The number of hydrogen-bond donors (Lipinski definition) is 0. The van der Waals surface area contributed by atoms with Gasteiger partial charge in [-0.3, -0.25) is 0 Å². The van der Waals surface area contributed by atoms with Crippen molar-refractivity contribution in [3.05, 3.63) is 0 Å². The standard InChI is InChI=1S/C19H25F9O/c20-9-4-15(25)18(16(26)5-9)19(27,28)29-10-6-13(23)17(14(24)7-10)8-1-2-11(21)12(22)3-8/h8-18H,1-7H2. The van der Waals surface area contributed by atoms with Gasteiger partial charge in [-0.05, 0) is 25.2 Å². The third kappa shape index (κ3) is 4.98. The quantitative estimate of drug-likeness (QED) is 0.491. The summed E-state index contributed by atoms with van der Waals surface area (Å²) in [4.78, 5) is 0. The second kappa shape index (κ2) is 8.83. The van der Waals surface area contributed by atoms with Crippen molar-refractivity contribution in [2.45, 2.75) is 100 Å². The van der Waals surface area contributed by atoms with Gasteiger partial charge in [0.25, 0.3) is 0 Å². The van der Waals surface area contributed by atoms with Crippen molar-refractivity contribution >= 4 is 0 Å². The monoisotopic (exact) mass is 440 g/mol. The minimum absolute atomic E-state index is 0.0916. The van der Waals surface area contributed by atoms with E-state index in [0.717, 1.165) is 0 Å². The molecule has 0 N–H and O–H groups in total. The lowest BCUT2D eigenvalue weighted by molar-refractivity contribution is -0.323. The molecular weight excluding hydrogens is 415 g/mol. The predicted molar refractivity (Wildman–Crippen MR) is 86.9 cm³/mol. The minimum Gasteiger partial charge on any atom is -0.317 e. The molecule has 0 saturated heterocycles. The number of halogens is 9. The zero-order valence-electron chi connectivity index (χ0n) is 15.6. The molecule has 170 valence electrons. The summed E-state index contributed by atoms with van der Waals surface area (Å²) >= 11 is 0. The average Bonchev–Trinajstić information content (AvgIpc) is 2.55. The van der Waals surface area contributed by atoms with Crippen LogP contribution in [0.15, 0.2) is 0 Å². The highest BCUT2D eigenvalue weighted by molar-refractivity contribution is 4.96. The Morgan fingerprint density at radius 1 is 0.586 bits per heavy atom. The molecule has 3 aliphatic rings. The SMILES string of the molecule is FC1CC(F)C(C(F)(F)OC2CC(F)C(C3CCC(F)C(F)C3)C(F)C2)C(F)C1. The van der Waals surface area contributed by atoms with Gasteiger partial charge >= 0.3 is 6.11 Å². The molecule has 0 aliphatic heterocycles. The van der Waals surface area contributed by atoms with Crippen molar-refractivity contribution in [3.63, 3.8) is 0 Å². The first-order chi connectivity index (χ1) is 13.5. The molecule has 7 atom stereocenters. The van der Waals surface area contributed by atoms with Crippen molar-refractivity contribution in [2.75, 3.05) is 0 Å². The average molecular weight is 440 g/mol. The van der Waals surface area contributed by atoms with E-state index in [9.17, 15) is 39.5 Å². The van der Waals surface area contributed by atoms with Crippen molar-refractivity contribution in [3.8, 4) is 0 Å². The van der Waals surface area contributed by atoms with Crippen molar-refractivity contribution in [1.82, 2.24) is 0 Å². The van der Waals surface area contributed by atoms with Gasteiger partial charge in [-0.2, -0.15) is 8.78 Å². The van der Waals surface area contributed by atoms with Crippen LogP contribution in [-0.2, 0) is 4.74 Å². The van der Waals surface area contributed by atoms with E-state index in [1.165, 1.54) is 0 Å². The van der Waals surface area contributed by atoms with Crippen LogP contribution in [0.3, 0.4) is 0 Å². The second-order valence-electron chi connectivity index (χ2n) is 8.61. The summed E-state index contributed by atoms with van der Waals surface area (Å²) in [5, 5.41) is 0. The summed E-state index contributed by atoms with van der Waals surface area (Å²) < 4.78 is 130. The largest absolute Gasteiger partial charge is 0.364 e. The zero-order chi connectivity index (χ0) is 21.5. The molecule has 0 bridgehead atoms. The fourth-order valence-corrected chi connectivity index (χ4v) is 5.11. The molecule has 10 heteroatoms. The van der Waals surface area contributed by atoms with Gasteiger partial charge in [-0.15, -0.1) is 0 Å². The number of ether oxygens (including phenoxy) is 1. The van der Waals surface area contributed by atoms with Gasteiger partial charge in [0.05, 0.1) is 6.10 Å². The molecule has 0 radical (unpaired) electrons. The summed E-state index contributed by atoms with van der Waals surface area (Å²) in [5.41, 5.74) is 0. The van der Waals surface area contributed by atoms with Gasteiger partial charge in [0.15, 0.2) is 0 Å². The molecule has 0 spiro atoms. The molecule has 0 heterocycles. The molecule has 1 nitrogen and oxygen atoms in total. The maximum absolute atomic E-state index is 14.6. The lowest BCUT2D eigenvalue weighted by Crippen LogP contribution is -2.52. The summed E-state index contributed by atoms with van der Waals surface area (Å²) in [5.74, 6) is -4.57. The molecule has 0 aromatic heterocycles. The summed E-state index contributed by atoms with van der Waals surface area (Å²) in [6.45, 7) is 0. The van der Waals surface area contributed by atoms with E-state index >= 15 is 0 Å². The van der Waals surface area contributed by atoms with Crippen LogP contribution in [0.5, 0.6) is 0 Å². The van der Waals surface area contributed by atoms with Crippen molar-refractivity contribution < 1.29 is 44.3 Å². The van der Waals surface area contributed by atoms with E-state index in [1.54, 1.807) is 0 Å². The first kappa shape index (κ1) is 23.0. The highest BCUT2D eigenvalue weighted by Gasteiger charge is 2.56. The van der Waals surface area contributed by atoms with E-state index in [2.05, 4.69) is 4.74 Å². The van der Waals surface area contributed by atoms with Crippen LogP contribution >= 0.6 is 0 Å². The van der Waals surface area contributed by atoms with Crippen LogP contribution in [0.1, 0.15) is 44.9 Å². The number of alkyl halides is 9. The summed E-state index contributed by atoms with van der Waals surface area (Å²) in [6, 6.07) is 0. The molecule has 3 aliphatic carbocycles. The van der Waals surface area contributed by atoms with E-state index in [-0.39, 0.29) is 19.3 Å². The van der Waals surface area contributed by atoms with Gasteiger partial charge in [0.1, 0.15) is 49.1 Å². The van der Waals surface area contributed by atoms with Crippen LogP contribution in [-0.4, -0.2) is 55.4 Å². The molecular formula is C19H25F9O. The summed E-state index contributed by atoms with van der Waals surface area (Å²) in [7, 11) is 0. The maximum atomic E-state index is 14.6. The Labute approximate surface area is 163 Å². The Kier molecular flexibility index (Phi) is 7.00. The van der Waals surface area contributed by atoms with E-state index in [0.29, 0.717) is 0 Å². The molecule has 0 amide bonds. The Bertz CT molecular complexity index is 526. The lowest BCUT2D eigenvalue weighted by atomic mass is 9.70. The third-order valence-electron chi connectivity index (χ3n) is 6.54. The minimum atomic E-state index is -4.35. The van der Waals surface area contributed by atoms with E-state index < -0.39 is 98.9 Å². The van der Waals surface area contributed by atoms with Crippen LogP contribution in [0, 0.1) is 17.8 Å². The molecule has 3 fully saturated rings. The fourth-order valence-electron chi connectivity index (χ4n) is 5.11. The van der Waals surface area contributed by atoms with Crippen LogP contribution in [0.25, 0.3) is 0 Å². The molecule has 3 saturated carbocycles. The molecule has 29 heavy (non-hydrogen) atoms.